The number of hydrogen-bond acceptors (Lipinski definition) is 3. The molecule has 1 aromatic rings. The molecule has 0 bridgehead atoms. The summed E-state index contributed by atoms with van der Waals surface area (Å²) >= 11 is 0. The lowest BCUT2D eigenvalue weighted by Crippen LogP contribution is -2.38. The highest BCUT2D eigenvalue weighted by Gasteiger charge is 2.34. The molecular weight excluding hydrogens is 281 g/mol. The van der Waals surface area contributed by atoms with Crippen molar-refractivity contribution in [1.82, 2.24) is 4.72 Å². The molecular formula is C14H20FNO3S. The van der Waals surface area contributed by atoms with E-state index in [4.69, 9.17) is 0 Å². The summed E-state index contributed by atoms with van der Waals surface area (Å²) in [6, 6.07) is 3.71. The Hall–Kier alpha value is -0.980. The van der Waals surface area contributed by atoms with E-state index in [1.165, 1.54) is 12.1 Å². The third-order valence-corrected chi connectivity index (χ3v) is 5.62. The van der Waals surface area contributed by atoms with Crippen LogP contribution in [0.4, 0.5) is 4.39 Å². The quantitative estimate of drug-likeness (QED) is 0.874. The minimum atomic E-state index is -3.75. The maximum atomic E-state index is 13.2. The molecule has 0 aromatic heterocycles. The van der Waals surface area contributed by atoms with Gasteiger partial charge in [-0.25, -0.2) is 17.5 Å². The number of benzene rings is 1. The van der Waals surface area contributed by atoms with Crippen LogP contribution in [0.3, 0.4) is 0 Å². The zero-order valence-electron chi connectivity index (χ0n) is 11.5. The van der Waals surface area contributed by atoms with Gasteiger partial charge in [0.15, 0.2) is 0 Å². The number of aliphatic hydroxyl groups excluding tert-OH is 1. The Labute approximate surface area is 119 Å². The van der Waals surface area contributed by atoms with Crippen LogP contribution in [0.25, 0.3) is 0 Å². The monoisotopic (exact) mass is 301 g/mol. The first kappa shape index (κ1) is 15.4. The third-order valence-electron chi connectivity index (χ3n) is 4.08. The standard InChI is InChI=1S/C14H20FNO3S/c1-11-4-5-12(15)8-13(11)20(18,19)16-9-14(10-17)6-2-3-7-14/h4-5,8,16-17H,2-3,6-7,9-10H2,1H3. The summed E-state index contributed by atoms with van der Waals surface area (Å²) in [6.45, 7) is 1.80. The number of halogens is 1. The van der Waals surface area contributed by atoms with Crippen LogP contribution >= 0.6 is 0 Å². The SMILES string of the molecule is Cc1ccc(F)cc1S(=O)(=O)NCC1(CO)CCCC1. The maximum absolute atomic E-state index is 13.2. The molecule has 0 unspecified atom stereocenters. The fourth-order valence-electron chi connectivity index (χ4n) is 2.71. The van der Waals surface area contributed by atoms with Crippen LogP contribution in [0.5, 0.6) is 0 Å². The molecule has 20 heavy (non-hydrogen) atoms. The van der Waals surface area contributed by atoms with Crippen molar-refractivity contribution in [2.45, 2.75) is 37.5 Å². The Morgan fingerprint density at radius 2 is 2.00 bits per heavy atom. The van der Waals surface area contributed by atoms with E-state index in [-0.39, 0.29) is 23.5 Å². The smallest absolute Gasteiger partial charge is 0.240 e. The second-order valence-electron chi connectivity index (χ2n) is 5.60. The van der Waals surface area contributed by atoms with Crippen LogP contribution in [-0.4, -0.2) is 26.7 Å². The van der Waals surface area contributed by atoms with Crippen molar-refractivity contribution in [3.63, 3.8) is 0 Å². The summed E-state index contributed by atoms with van der Waals surface area (Å²) in [5.74, 6) is -0.575. The van der Waals surface area contributed by atoms with Gasteiger partial charge in [0.25, 0.3) is 0 Å². The molecule has 0 amide bonds. The van der Waals surface area contributed by atoms with Crippen LogP contribution in [0.15, 0.2) is 23.1 Å². The molecule has 2 rings (SSSR count). The Morgan fingerprint density at radius 3 is 2.60 bits per heavy atom. The van der Waals surface area contributed by atoms with E-state index in [0.717, 1.165) is 31.7 Å². The van der Waals surface area contributed by atoms with E-state index < -0.39 is 15.8 Å². The van der Waals surface area contributed by atoms with Gasteiger partial charge in [0.2, 0.25) is 10.0 Å². The molecule has 2 N–H and O–H groups in total. The van der Waals surface area contributed by atoms with Gasteiger partial charge in [-0.05, 0) is 37.5 Å². The Morgan fingerprint density at radius 1 is 1.35 bits per heavy atom. The second kappa shape index (κ2) is 5.79. The Kier molecular flexibility index (Phi) is 4.46. The minimum absolute atomic E-state index is 0.0301. The minimum Gasteiger partial charge on any atom is -0.396 e. The van der Waals surface area contributed by atoms with Crippen LogP contribution < -0.4 is 4.72 Å². The largest absolute Gasteiger partial charge is 0.396 e. The summed E-state index contributed by atoms with van der Waals surface area (Å²) in [6.07, 6.45) is 3.63. The molecule has 0 spiro atoms. The van der Waals surface area contributed by atoms with Crippen LogP contribution in [0.1, 0.15) is 31.2 Å². The lowest BCUT2D eigenvalue weighted by Gasteiger charge is -2.26. The molecule has 1 aromatic carbocycles. The number of rotatable bonds is 5. The molecule has 6 heteroatoms. The molecule has 0 aliphatic heterocycles. The van der Waals surface area contributed by atoms with E-state index in [9.17, 15) is 17.9 Å². The van der Waals surface area contributed by atoms with Crippen molar-refractivity contribution in [3.05, 3.63) is 29.6 Å². The van der Waals surface area contributed by atoms with E-state index in [2.05, 4.69) is 4.72 Å². The molecule has 1 aliphatic rings. The summed E-state index contributed by atoms with van der Waals surface area (Å²) in [7, 11) is -3.75. The molecule has 1 aliphatic carbocycles. The van der Waals surface area contributed by atoms with Crippen molar-refractivity contribution >= 4 is 10.0 Å². The van der Waals surface area contributed by atoms with Gasteiger partial charge < -0.3 is 5.11 Å². The Balaban J connectivity index is 2.17. The lowest BCUT2D eigenvalue weighted by atomic mass is 9.88. The predicted octanol–water partition coefficient (Wildman–Crippen LogP) is 1.97. The van der Waals surface area contributed by atoms with Gasteiger partial charge in [0.05, 0.1) is 4.90 Å². The molecule has 4 nitrogen and oxygen atoms in total. The van der Waals surface area contributed by atoms with Crippen molar-refractivity contribution in [2.24, 2.45) is 5.41 Å². The van der Waals surface area contributed by atoms with Crippen LogP contribution in [0.2, 0.25) is 0 Å². The highest BCUT2D eigenvalue weighted by molar-refractivity contribution is 7.89. The number of hydrogen-bond donors (Lipinski definition) is 2. The highest BCUT2D eigenvalue weighted by atomic mass is 32.2. The number of sulfonamides is 1. The first-order valence-electron chi connectivity index (χ1n) is 6.75. The topological polar surface area (TPSA) is 66.4 Å². The van der Waals surface area contributed by atoms with E-state index in [0.29, 0.717) is 5.56 Å². The zero-order chi connectivity index (χ0) is 14.8. The van der Waals surface area contributed by atoms with Gasteiger partial charge in [-0.3, -0.25) is 0 Å². The van der Waals surface area contributed by atoms with E-state index in [1.54, 1.807) is 6.92 Å². The average molecular weight is 301 g/mol. The van der Waals surface area contributed by atoms with Gasteiger partial charge in [0, 0.05) is 18.6 Å². The molecule has 1 saturated carbocycles. The highest BCUT2D eigenvalue weighted by Crippen LogP contribution is 2.37. The maximum Gasteiger partial charge on any atom is 0.240 e. The van der Waals surface area contributed by atoms with Crippen molar-refractivity contribution in [3.8, 4) is 0 Å². The molecule has 0 radical (unpaired) electrons. The number of nitrogens with one attached hydrogen (secondary N) is 1. The predicted molar refractivity (Wildman–Crippen MR) is 74.3 cm³/mol. The summed E-state index contributed by atoms with van der Waals surface area (Å²) in [5.41, 5.74) is 0.136. The van der Waals surface area contributed by atoms with Crippen molar-refractivity contribution in [2.75, 3.05) is 13.2 Å². The molecule has 0 atom stereocenters. The van der Waals surface area contributed by atoms with Gasteiger partial charge in [-0.15, -0.1) is 0 Å². The first-order chi connectivity index (χ1) is 9.38. The second-order valence-corrected chi connectivity index (χ2v) is 7.33. The summed E-state index contributed by atoms with van der Waals surface area (Å²) in [4.78, 5) is -0.0383. The van der Waals surface area contributed by atoms with Gasteiger partial charge >= 0.3 is 0 Å². The molecule has 0 heterocycles. The normalized spacial score (nSPS) is 18.4. The van der Waals surface area contributed by atoms with Crippen molar-refractivity contribution in [1.29, 1.82) is 0 Å². The Bertz CT molecular complexity index is 580. The fourth-order valence-corrected chi connectivity index (χ4v) is 4.12. The van der Waals surface area contributed by atoms with Crippen molar-refractivity contribution < 1.29 is 17.9 Å². The molecule has 0 saturated heterocycles. The fraction of sp³-hybridized carbons (Fsp3) is 0.571. The molecule has 1 fully saturated rings. The van der Waals surface area contributed by atoms with Crippen LogP contribution in [-0.2, 0) is 10.0 Å². The van der Waals surface area contributed by atoms with E-state index >= 15 is 0 Å². The average Bonchev–Trinajstić information content (AvgIpc) is 2.89. The number of aryl methyl sites for hydroxylation is 1. The first-order valence-corrected chi connectivity index (χ1v) is 8.24. The van der Waals surface area contributed by atoms with Gasteiger partial charge in [-0.2, -0.15) is 0 Å². The van der Waals surface area contributed by atoms with Crippen LogP contribution in [0, 0.1) is 18.2 Å². The zero-order valence-corrected chi connectivity index (χ0v) is 12.3. The van der Waals surface area contributed by atoms with Gasteiger partial charge in [-0.1, -0.05) is 18.9 Å². The van der Waals surface area contributed by atoms with E-state index in [1.807, 2.05) is 0 Å². The summed E-state index contributed by atoms with van der Waals surface area (Å²) < 4.78 is 40.3. The number of aliphatic hydroxyl groups is 1. The van der Waals surface area contributed by atoms with Gasteiger partial charge in [0.1, 0.15) is 5.82 Å². The molecule has 112 valence electrons. The third kappa shape index (κ3) is 3.19. The lowest BCUT2D eigenvalue weighted by molar-refractivity contribution is 0.134. The summed E-state index contributed by atoms with van der Waals surface area (Å²) in [5, 5.41) is 9.49.